The average molecular weight is 405 g/mol. The van der Waals surface area contributed by atoms with Gasteiger partial charge in [-0.15, -0.1) is 11.8 Å². The molecule has 1 heterocycles. The van der Waals surface area contributed by atoms with E-state index in [2.05, 4.69) is 5.32 Å². The Hall–Kier alpha value is -2.85. The number of nitrogens with zero attached hydrogens (tertiary/aromatic N) is 3. The molecule has 0 aliphatic rings. The molecule has 0 spiro atoms. The van der Waals surface area contributed by atoms with Gasteiger partial charge in [-0.05, 0) is 25.4 Å². The number of para-hydroxylation sites is 1. The number of carbonyl (C=O) groups is 2. The number of nitrogens with two attached hydrogens (primary N) is 1. The van der Waals surface area contributed by atoms with Crippen molar-refractivity contribution in [2.24, 2.45) is 14.1 Å². The van der Waals surface area contributed by atoms with Gasteiger partial charge in [0, 0.05) is 19.0 Å². The summed E-state index contributed by atoms with van der Waals surface area (Å²) in [5.41, 5.74) is 4.86. The predicted molar refractivity (Wildman–Crippen MR) is 110 cm³/mol. The van der Waals surface area contributed by atoms with E-state index in [-0.39, 0.29) is 30.4 Å². The number of amides is 1. The number of anilines is 2. The fraction of sp³-hybridized carbons (Fsp3) is 0.333. The third-order valence-electron chi connectivity index (χ3n) is 4.20. The Morgan fingerprint density at radius 2 is 1.79 bits per heavy atom. The number of hydrogen-bond acceptors (Lipinski definition) is 7. The number of nitrogens with one attached hydrogen (secondary N) is 1. The minimum Gasteiger partial charge on any atom is -0.384 e. The van der Waals surface area contributed by atoms with E-state index in [1.165, 1.54) is 30.8 Å². The van der Waals surface area contributed by atoms with Crippen LogP contribution in [-0.4, -0.2) is 52.1 Å². The van der Waals surface area contributed by atoms with Gasteiger partial charge < -0.3 is 11.1 Å². The second-order valence-electron chi connectivity index (χ2n) is 6.31. The molecule has 0 atom stereocenters. The fourth-order valence-corrected chi connectivity index (χ4v) is 3.24. The molecule has 2 rings (SSSR count). The molecule has 1 aromatic carbocycles. The monoisotopic (exact) mass is 405 g/mol. The van der Waals surface area contributed by atoms with Crippen molar-refractivity contribution in [3.63, 3.8) is 0 Å². The van der Waals surface area contributed by atoms with Gasteiger partial charge in [-0.1, -0.05) is 12.1 Å². The van der Waals surface area contributed by atoms with Crippen molar-refractivity contribution < 1.29 is 9.59 Å². The van der Waals surface area contributed by atoms with Gasteiger partial charge in [-0.2, -0.15) is 0 Å². The Labute approximate surface area is 166 Å². The molecule has 10 heteroatoms. The first-order valence-corrected chi connectivity index (χ1v) is 9.60. The molecule has 0 aliphatic heterocycles. The van der Waals surface area contributed by atoms with Crippen LogP contribution in [0, 0.1) is 0 Å². The number of nitrogen functional groups attached to an aromatic ring is 1. The van der Waals surface area contributed by atoms with E-state index in [1.54, 1.807) is 13.1 Å². The number of thioether (sulfide) groups is 1. The molecule has 0 saturated carbocycles. The van der Waals surface area contributed by atoms with Crippen LogP contribution in [0.1, 0.15) is 10.4 Å². The Morgan fingerprint density at radius 1 is 1.14 bits per heavy atom. The number of carbonyl (C=O) groups excluding carboxylic acids is 2. The van der Waals surface area contributed by atoms with Gasteiger partial charge in [0.1, 0.15) is 11.4 Å². The second kappa shape index (κ2) is 8.89. The van der Waals surface area contributed by atoms with Crippen molar-refractivity contribution in [3.8, 4) is 0 Å². The van der Waals surface area contributed by atoms with Crippen LogP contribution in [0.4, 0.5) is 11.5 Å². The van der Waals surface area contributed by atoms with Crippen LogP contribution in [0.3, 0.4) is 0 Å². The first-order chi connectivity index (χ1) is 13.2. The second-order valence-corrected chi connectivity index (χ2v) is 7.16. The Morgan fingerprint density at radius 3 is 2.43 bits per heavy atom. The van der Waals surface area contributed by atoms with Crippen molar-refractivity contribution in [1.82, 2.24) is 14.0 Å². The number of likely N-dealkylation sites (N-methyl/N-ethyl adjacent to an activating group) is 1. The largest absolute Gasteiger partial charge is 0.384 e. The third-order valence-corrected chi connectivity index (χ3v) is 4.99. The van der Waals surface area contributed by atoms with Gasteiger partial charge in [-0.25, -0.2) is 4.79 Å². The SMILES string of the molecule is CSc1ccccc1NC(=O)CN(C)CC(=O)c1c(N)n(C)c(=O)n(C)c1=O. The topological polar surface area (TPSA) is 119 Å². The van der Waals surface area contributed by atoms with Gasteiger partial charge >= 0.3 is 5.69 Å². The van der Waals surface area contributed by atoms with Crippen molar-refractivity contribution in [2.45, 2.75) is 4.90 Å². The molecule has 0 saturated heterocycles. The molecule has 3 N–H and O–H groups in total. The summed E-state index contributed by atoms with van der Waals surface area (Å²) in [6, 6.07) is 7.39. The van der Waals surface area contributed by atoms with Gasteiger partial charge in [0.2, 0.25) is 5.91 Å². The summed E-state index contributed by atoms with van der Waals surface area (Å²) >= 11 is 1.51. The van der Waals surface area contributed by atoms with Crippen molar-refractivity contribution in [1.29, 1.82) is 0 Å². The molecule has 1 amide bonds. The normalized spacial score (nSPS) is 10.9. The lowest BCUT2D eigenvalue weighted by molar-refractivity contribution is -0.116. The molecule has 0 unspecified atom stereocenters. The lowest BCUT2D eigenvalue weighted by Crippen LogP contribution is -2.43. The summed E-state index contributed by atoms with van der Waals surface area (Å²) in [6.07, 6.45) is 1.91. The van der Waals surface area contributed by atoms with Crippen molar-refractivity contribution >= 4 is 35.0 Å². The first-order valence-electron chi connectivity index (χ1n) is 8.37. The summed E-state index contributed by atoms with van der Waals surface area (Å²) < 4.78 is 1.87. The first kappa shape index (κ1) is 21.5. The number of hydrogen-bond donors (Lipinski definition) is 2. The van der Waals surface area contributed by atoms with Gasteiger partial charge in [0.25, 0.3) is 5.56 Å². The van der Waals surface area contributed by atoms with Gasteiger partial charge in [0.05, 0.1) is 18.8 Å². The summed E-state index contributed by atoms with van der Waals surface area (Å²) in [5.74, 6) is -1.04. The lowest BCUT2D eigenvalue weighted by Gasteiger charge is -2.17. The van der Waals surface area contributed by atoms with E-state index >= 15 is 0 Å². The van der Waals surface area contributed by atoms with Crippen molar-refractivity contribution in [3.05, 3.63) is 50.7 Å². The number of rotatable bonds is 7. The standard InChI is InChI=1S/C18H23N5O4S/c1-21(10-14(25)20-11-7-5-6-8-13(11)28-4)9-12(24)15-16(19)22(2)18(27)23(3)17(15)26/h5-8H,9-10,19H2,1-4H3,(H,20,25). The van der Waals surface area contributed by atoms with Crippen LogP contribution in [0.5, 0.6) is 0 Å². The summed E-state index contributed by atoms with van der Waals surface area (Å²) in [6.45, 7) is -0.254. The molecule has 0 fully saturated rings. The van der Waals surface area contributed by atoms with Crippen LogP contribution < -0.4 is 22.3 Å². The molecule has 1 aromatic heterocycles. The quantitative estimate of drug-likeness (QED) is 0.497. The maximum Gasteiger partial charge on any atom is 0.332 e. The molecule has 0 radical (unpaired) electrons. The molecule has 0 bridgehead atoms. The number of benzene rings is 1. The smallest absolute Gasteiger partial charge is 0.332 e. The van der Waals surface area contributed by atoms with Crippen LogP contribution in [0.15, 0.2) is 38.8 Å². The third kappa shape index (κ3) is 4.52. The maximum absolute atomic E-state index is 12.6. The highest BCUT2D eigenvalue weighted by Gasteiger charge is 2.22. The van der Waals surface area contributed by atoms with Crippen LogP contribution in [0.2, 0.25) is 0 Å². The maximum atomic E-state index is 12.6. The van der Waals surface area contributed by atoms with E-state index in [1.807, 2.05) is 24.5 Å². The highest BCUT2D eigenvalue weighted by Crippen LogP contribution is 2.24. The highest BCUT2D eigenvalue weighted by atomic mass is 32.2. The number of Topliss-reactive ketones (excluding diaryl/α,β-unsaturated/α-hetero) is 1. The van der Waals surface area contributed by atoms with Gasteiger partial charge in [0.15, 0.2) is 5.78 Å². The number of ketones is 1. The van der Waals surface area contributed by atoms with Crippen LogP contribution in [0.25, 0.3) is 0 Å². The molecule has 0 aliphatic carbocycles. The molecular formula is C18H23N5O4S. The van der Waals surface area contributed by atoms with E-state index in [4.69, 9.17) is 5.73 Å². The molecular weight excluding hydrogens is 382 g/mol. The van der Waals surface area contributed by atoms with Crippen LogP contribution in [-0.2, 0) is 18.9 Å². The Bertz CT molecular complexity index is 1030. The molecule has 2 aromatic rings. The summed E-state index contributed by atoms with van der Waals surface area (Å²) in [4.78, 5) is 51.4. The molecule has 28 heavy (non-hydrogen) atoms. The zero-order chi connectivity index (χ0) is 21.0. The summed E-state index contributed by atoms with van der Waals surface area (Å²) in [7, 11) is 4.25. The Balaban J connectivity index is 2.10. The average Bonchev–Trinajstić information content (AvgIpc) is 2.65. The zero-order valence-electron chi connectivity index (χ0n) is 16.2. The van der Waals surface area contributed by atoms with Gasteiger partial charge in [-0.3, -0.25) is 28.4 Å². The minimum atomic E-state index is -0.752. The lowest BCUT2D eigenvalue weighted by atomic mass is 10.2. The van der Waals surface area contributed by atoms with E-state index < -0.39 is 17.0 Å². The number of aromatic nitrogens is 2. The van der Waals surface area contributed by atoms with E-state index in [0.717, 1.165) is 14.0 Å². The molecule has 150 valence electrons. The molecule has 9 nitrogen and oxygen atoms in total. The fourth-order valence-electron chi connectivity index (χ4n) is 2.68. The van der Waals surface area contributed by atoms with E-state index in [9.17, 15) is 19.2 Å². The predicted octanol–water partition coefficient (Wildman–Crippen LogP) is 0.141. The zero-order valence-corrected chi connectivity index (χ0v) is 17.0. The van der Waals surface area contributed by atoms with Crippen molar-refractivity contribution in [2.75, 3.05) is 37.4 Å². The minimum absolute atomic E-state index is 0.0551. The summed E-state index contributed by atoms with van der Waals surface area (Å²) in [5, 5.41) is 2.81. The Kier molecular flexibility index (Phi) is 6.81. The highest BCUT2D eigenvalue weighted by molar-refractivity contribution is 7.98. The van der Waals surface area contributed by atoms with E-state index in [0.29, 0.717) is 5.69 Å². The van der Waals surface area contributed by atoms with Crippen LogP contribution >= 0.6 is 11.8 Å².